The lowest BCUT2D eigenvalue weighted by atomic mass is 10.0. The van der Waals surface area contributed by atoms with Gasteiger partial charge in [-0.05, 0) is 61.4 Å². The minimum atomic E-state index is -0.0565. The number of hydrogen-bond acceptors (Lipinski definition) is 8. The monoisotopic (exact) mass is 624 g/mol. The minimum Gasteiger partial charge on any atom is -0.494 e. The van der Waals surface area contributed by atoms with Crippen LogP contribution in [0.5, 0.6) is 11.8 Å². The molecule has 10 nitrogen and oxygen atoms in total. The molecule has 8 rings (SSSR count). The lowest BCUT2D eigenvalue weighted by Gasteiger charge is -2.11. The summed E-state index contributed by atoms with van der Waals surface area (Å²) in [7, 11) is 0. The van der Waals surface area contributed by atoms with Crippen LogP contribution < -0.4 is 0 Å². The summed E-state index contributed by atoms with van der Waals surface area (Å²) in [5.41, 5.74) is 7.46. The number of aromatic nitrogens is 4. The van der Waals surface area contributed by atoms with Crippen molar-refractivity contribution in [1.29, 1.82) is 10.5 Å². The second kappa shape index (κ2) is 10.8. The zero-order valence-electron chi connectivity index (χ0n) is 25.7. The van der Waals surface area contributed by atoms with E-state index in [0.29, 0.717) is 78.1 Å². The van der Waals surface area contributed by atoms with Crippen molar-refractivity contribution < 1.29 is 10.2 Å². The maximum absolute atomic E-state index is 11.4. The summed E-state index contributed by atoms with van der Waals surface area (Å²) in [6.45, 7) is 3.54. The third kappa shape index (κ3) is 4.10. The maximum Gasteiger partial charge on any atom is 0.206 e. The molecule has 0 saturated heterocycles. The molecule has 0 unspecified atom stereocenters. The molecule has 0 bridgehead atoms. The summed E-state index contributed by atoms with van der Waals surface area (Å²) >= 11 is 0. The second-order valence-electron chi connectivity index (χ2n) is 11.4. The molecule has 0 aliphatic carbocycles. The minimum absolute atomic E-state index is 0.0565. The average molecular weight is 625 g/mol. The number of para-hydroxylation sites is 4. The van der Waals surface area contributed by atoms with Gasteiger partial charge in [-0.2, -0.15) is 10.5 Å². The van der Waals surface area contributed by atoms with Crippen molar-refractivity contribution in [3.05, 3.63) is 118 Å². The van der Waals surface area contributed by atoms with Gasteiger partial charge in [-0.3, -0.25) is 18.8 Å². The van der Waals surface area contributed by atoms with Crippen molar-refractivity contribution in [2.75, 3.05) is 0 Å². The maximum atomic E-state index is 11.4. The van der Waals surface area contributed by atoms with E-state index in [1.54, 1.807) is 35.1 Å². The van der Waals surface area contributed by atoms with Crippen LogP contribution in [0, 0.1) is 36.5 Å². The first-order chi connectivity index (χ1) is 23.4. The lowest BCUT2D eigenvalue weighted by molar-refractivity contribution is 0.446. The van der Waals surface area contributed by atoms with Gasteiger partial charge in [0.25, 0.3) is 0 Å². The number of aromatic hydroxyl groups is 2. The molecule has 0 aliphatic rings. The molecule has 228 valence electrons. The van der Waals surface area contributed by atoms with E-state index in [4.69, 9.17) is 9.98 Å². The summed E-state index contributed by atoms with van der Waals surface area (Å²) in [6.07, 6.45) is 3.14. The van der Waals surface area contributed by atoms with Crippen molar-refractivity contribution in [3.8, 4) is 23.9 Å². The number of imidazole rings is 2. The van der Waals surface area contributed by atoms with E-state index in [1.165, 1.54) is 0 Å². The van der Waals surface area contributed by atoms with E-state index in [0.717, 1.165) is 10.8 Å². The van der Waals surface area contributed by atoms with Crippen LogP contribution in [0.1, 0.15) is 33.4 Å². The van der Waals surface area contributed by atoms with Gasteiger partial charge >= 0.3 is 0 Å². The summed E-state index contributed by atoms with van der Waals surface area (Å²) < 4.78 is 3.16. The van der Waals surface area contributed by atoms with Gasteiger partial charge in [0.2, 0.25) is 11.8 Å². The largest absolute Gasteiger partial charge is 0.494 e. The normalized spacial score (nSPS) is 11.9. The predicted octanol–water partition coefficient (Wildman–Crippen LogP) is 7.71. The van der Waals surface area contributed by atoms with Crippen molar-refractivity contribution >= 4 is 67.9 Å². The molecule has 8 aromatic rings. The van der Waals surface area contributed by atoms with Gasteiger partial charge in [-0.25, -0.2) is 9.97 Å². The number of benzene rings is 4. The Morgan fingerprint density at radius 3 is 1.44 bits per heavy atom. The van der Waals surface area contributed by atoms with Gasteiger partial charge < -0.3 is 10.2 Å². The van der Waals surface area contributed by atoms with Crippen LogP contribution in [0.25, 0.3) is 44.1 Å². The molecule has 0 saturated carbocycles. The Labute approximate surface area is 273 Å². The van der Waals surface area contributed by atoms with Crippen LogP contribution in [0.15, 0.2) is 94.9 Å². The van der Waals surface area contributed by atoms with E-state index in [9.17, 15) is 20.7 Å². The Kier molecular flexibility index (Phi) is 6.39. The Morgan fingerprint density at radius 2 is 1.02 bits per heavy atom. The molecular formula is C38H24N8O2. The molecule has 4 aromatic carbocycles. The Hall–Kier alpha value is -7.04. The van der Waals surface area contributed by atoms with Crippen LogP contribution in [-0.4, -0.2) is 41.4 Å². The highest BCUT2D eigenvalue weighted by atomic mass is 16.3. The number of pyridine rings is 2. The highest BCUT2D eigenvalue weighted by molar-refractivity contribution is 6.03. The average Bonchev–Trinajstić information content (AvgIpc) is 3.68. The molecule has 0 fully saturated rings. The van der Waals surface area contributed by atoms with Gasteiger partial charge in [0, 0.05) is 23.2 Å². The van der Waals surface area contributed by atoms with Crippen molar-refractivity contribution in [3.63, 3.8) is 0 Å². The number of nitrogens with zero attached hydrogens (tertiary/aromatic N) is 8. The summed E-state index contributed by atoms with van der Waals surface area (Å²) in [6, 6.07) is 30.6. The standard InChI is InChI=1S/C38H24N8O2/c1-21-25(17-39)35-43-31-11-3-5-15-33(31)45(35)37(47)27(21)19-41-29-13-7-10-24-23(29)9-8-14-30(24)42-20-28-22(2)26(18-40)36-44-32-12-4-6-16-34(32)46(36)38(28)48/h3-16,19-20,47-48H,1-2H3. The summed E-state index contributed by atoms with van der Waals surface area (Å²) in [5.74, 6) is -0.113. The number of hydrogen-bond donors (Lipinski definition) is 2. The molecule has 48 heavy (non-hydrogen) atoms. The molecule has 10 heteroatoms. The van der Waals surface area contributed by atoms with Gasteiger partial charge in [0.1, 0.15) is 12.1 Å². The quantitative estimate of drug-likeness (QED) is 0.192. The molecule has 0 atom stereocenters. The molecule has 2 N–H and O–H groups in total. The van der Waals surface area contributed by atoms with Crippen LogP contribution in [0.3, 0.4) is 0 Å². The SMILES string of the molecule is Cc1c(C=Nc2cccc3c(N=Cc4c(C)c(C#N)c5nc6ccccc6n5c4O)cccc23)c(O)n2c(nc3ccccc32)c1C#N. The zero-order valence-corrected chi connectivity index (χ0v) is 25.7. The second-order valence-corrected chi connectivity index (χ2v) is 11.4. The third-order valence-electron chi connectivity index (χ3n) is 8.80. The molecule has 0 spiro atoms. The first-order valence-electron chi connectivity index (χ1n) is 15.1. The van der Waals surface area contributed by atoms with Gasteiger partial charge in [-0.15, -0.1) is 0 Å². The Morgan fingerprint density at radius 1 is 0.604 bits per heavy atom. The topological polar surface area (TPSA) is 147 Å². The number of fused-ring (bicyclic) bond motifs is 7. The van der Waals surface area contributed by atoms with E-state index >= 15 is 0 Å². The summed E-state index contributed by atoms with van der Waals surface area (Å²) in [5, 5.41) is 44.5. The van der Waals surface area contributed by atoms with Crippen LogP contribution in [0.2, 0.25) is 0 Å². The van der Waals surface area contributed by atoms with E-state index in [1.807, 2.05) is 84.9 Å². The Bertz CT molecular complexity index is 2620. The first-order valence-corrected chi connectivity index (χ1v) is 15.1. The predicted molar refractivity (Wildman–Crippen MR) is 186 cm³/mol. The van der Waals surface area contributed by atoms with Crippen molar-refractivity contribution in [2.45, 2.75) is 13.8 Å². The first kappa shape index (κ1) is 28.4. The van der Waals surface area contributed by atoms with Crippen molar-refractivity contribution in [1.82, 2.24) is 18.8 Å². The van der Waals surface area contributed by atoms with Gasteiger partial charge in [0.05, 0.1) is 55.7 Å². The van der Waals surface area contributed by atoms with Gasteiger partial charge in [-0.1, -0.05) is 48.5 Å². The van der Waals surface area contributed by atoms with Crippen molar-refractivity contribution in [2.24, 2.45) is 9.98 Å². The van der Waals surface area contributed by atoms with Crippen LogP contribution in [0.4, 0.5) is 11.4 Å². The lowest BCUT2D eigenvalue weighted by Crippen LogP contribution is -2.01. The number of rotatable bonds is 4. The smallest absolute Gasteiger partial charge is 0.206 e. The molecule has 0 aliphatic heterocycles. The molecule has 4 aromatic heterocycles. The Balaban J connectivity index is 1.24. The van der Waals surface area contributed by atoms with Crippen LogP contribution >= 0.6 is 0 Å². The molecule has 0 amide bonds. The summed E-state index contributed by atoms with van der Waals surface area (Å²) in [4.78, 5) is 18.7. The highest BCUT2D eigenvalue weighted by Gasteiger charge is 2.21. The van der Waals surface area contributed by atoms with Crippen LogP contribution in [-0.2, 0) is 0 Å². The fourth-order valence-electron chi connectivity index (χ4n) is 6.34. The number of nitriles is 2. The molecule has 0 radical (unpaired) electrons. The third-order valence-corrected chi connectivity index (χ3v) is 8.80. The molecule has 4 heterocycles. The van der Waals surface area contributed by atoms with Gasteiger partial charge in [0.15, 0.2) is 11.3 Å². The van der Waals surface area contributed by atoms with E-state index in [-0.39, 0.29) is 11.8 Å². The molecular weight excluding hydrogens is 600 g/mol. The van der Waals surface area contributed by atoms with E-state index < -0.39 is 0 Å². The number of aliphatic imine (C=N–C) groups is 2. The fraction of sp³-hybridized carbons (Fsp3) is 0.0526. The zero-order chi connectivity index (χ0) is 33.1. The fourth-order valence-corrected chi connectivity index (χ4v) is 6.34. The highest BCUT2D eigenvalue weighted by Crippen LogP contribution is 2.36. The van der Waals surface area contributed by atoms with E-state index in [2.05, 4.69) is 22.1 Å².